The van der Waals surface area contributed by atoms with Gasteiger partial charge in [-0.05, 0) is 54.9 Å². The summed E-state index contributed by atoms with van der Waals surface area (Å²) in [6.45, 7) is 7.56. The van der Waals surface area contributed by atoms with Gasteiger partial charge in [0.05, 0.1) is 0 Å². The zero-order chi connectivity index (χ0) is 14.0. The first-order chi connectivity index (χ1) is 8.99. The second-order valence-corrected chi connectivity index (χ2v) is 5.91. The molecule has 3 unspecified atom stereocenters. The Bertz CT molecular complexity index is 470. The number of benzene rings is 1. The van der Waals surface area contributed by atoms with Gasteiger partial charge in [-0.1, -0.05) is 19.9 Å². The van der Waals surface area contributed by atoms with Crippen molar-refractivity contribution < 1.29 is 4.79 Å². The minimum atomic E-state index is -0.360. The molecule has 3 nitrogen and oxygen atoms in total. The van der Waals surface area contributed by atoms with Crippen LogP contribution in [0.5, 0.6) is 0 Å². The molecule has 3 N–H and O–H groups in total. The van der Waals surface area contributed by atoms with Crippen LogP contribution < -0.4 is 11.1 Å². The van der Waals surface area contributed by atoms with Gasteiger partial charge in [-0.3, -0.25) is 4.79 Å². The Balaban J connectivity index is 1.98. The van der Waals surface area contributed by atoms with E-state index in [4.69, 9.17) is 5.73 Å². The third kappa shape index (κ3) is 3.16. The standard InChI is InChI=1S/C16H24N2O/c1-10-4-7-15(12(10)3)18-9-14-6-5-13(16(17)19)8-11(14)2/h5-6,8,10,12,15,18H,4,7,9H2,1-3H3,(H2,17,19). The summed E-state index contributed by atoms with van der Waals surface area (Å²) in [6.07, 6.45) is 2.58. The van der Waals surface area contributed by atoms with Gasteiger partial charge < -0.3 is 11.1 Å². The molecule has 1 fully saturated rings. The van der Waals surface area contributed by atoms with Gasteiger partial charge in [-0.15, -0.1) is 0 Å². The fourth-order valence-corrected chi connectivity index (χ4v) is 2.94. The van der Waals surface area contributed by atoms with Crippen LogP contribution in [0.2, 0.25) is 0 Å². The first kappa shape index (κ1) is 14.1. The number of nitrogens with two attached hydrogens (primary N) is 1. The highest BCUT2D eigenvalue weighted by atomic mass is 16.1. The molecular weight excluding hydrogens is 236 g/mol. The monoisotopic (exact) mass is 260 g/mol. The van der Waals surface area contributed by atoms with Gasteiger partial charge in [0.15, 0.2) is 0 Å². The molecule has 1 aromatic carbocycles. The summed E-state index contributed by atoms with van der Waals surface area (Å²) < 4.78 is 0. The van der Waals surface area contributed by atoms with Crippen LogP contribution in [0.3, 0.4) is 0 Å². The fourth-order valence-electron chi connectivity index (χ4n) is 2.94. The predicted octanol–water partition coefficient (Wildman–Crippen LogP) is 2.62. The average molecular weight is 260 g/mol. The number of primary amides is 1. The molecule has 0 aliphatic heterocycles. The summed E-state index contributed by atoms with van der Waals surface area (Å²) in [6, 6.07) is 6.31. The normalized spacial score (nSPS) is 26.6. The molecule has 104 valence electrons. The predicted molar refractivity (Wildman–Crippen MR) is 77.9 cm³/mol. The summed E-state index contributed by atoms with van der Waals surface area (Å²) in [7, 11) is 0. The summed E-state index contributed by atoms with van der Waals surface area (Å²) in [5.41, 5.74) is 8.25. The van der Waals surface area contributed by atoms with Gasteiger partial charge in [-0.2, -0.15) is 0 Å². The maximum absolute atomic E-state index is 11.1. The van der Waals surface area contributed by atoms with E-state index in [1.807, 2.05) is 25.1 Å². The Kier molecular flexibility index (Phi) is 4.25. The third-order valence-electron chi connectivity index (χ3n) is 4.65. The van der Waals surface area contributed by atoms with Crippen molar-refractivity contribution in [2.75, 3.05) is 0 Å². The summed E-state index contributed by atoms with van der Waals surface area (Å²) >= 11 is 0. The molecule has 1 aliphatic carbocycles. The molecule has 19 heavy (non-hydrogen) atoms. The van der Waals surface area contributed by atoms with E-state index in [1.165, 1.54) is 18.4 Å². The van der Waals surface area contributed by atoms with Crippen molar-refractivity contribution in [2.45, 2.75) is 46.2 Å². The molecule has 3 heteroatoms. The average Bonchev–Trinajstić information content (AvgIpc) is 2.68. The molecule has 0 heterocycles. The van der Waals surface area contributed by atoms with Gasteiger partial charge in [0, 0.05) is 18.2 Å². The maximum Gasteiger partial charge on any atom is 0.248 e. The number of hydrogen-bond donors (Lipinski definition) is 2. The second-order valence-electron chi connectivity index (χ2n) is 5.91. The molecule has 2 rings (SSSR count). The van der Waals surface area contributed by atoms with Crippen LogP contribution in [0.4, 0.5) is 0 Å². The van der Waals surface area contributed by atoms with Crippen LogP contribution in [0.25, 0.3) is 0 Å². The Morgan fingerprint density at radius 1 is 1.37 bits per heavy atom. The maximum atomic E-state index is 11.1. The van der Waals surface area contributed by atoms with Crippen LogP contribution >= 0.6 is 0 Å². The minimum absolute atomic E-state index is 0.360. The molecule has 1 amide bonds. The molecule has 1 saturated carbocycles. The van der Waals surface area contributed by atoms with Crippen LogP contribution in [-0.2, 0) is 6.54 Å². The Morgan fingerprint density at radius 2 is 2.11 bits per heavy atom. The van der Waals surface area contributed by atoms with E-state index >= 15 is 0 Å². The van der Waals surface area contributed by atoms with E-state index in [1.54, 1.807) is 0 Å². The summed E-state index contributed by atoms with van der Waals surface area (Å²) in [5.74, 6) is 1.20. The molecule has 3 atom stereocenters. The van der Waals surface area contributed by atoms with Crippen LogP contribution in [-0.4, -0.2) is 11.9 Å². The zero-order valence-electron chi connectivity index (χ0n) is 12.1. The van der Waals surface area contributed by atoms with Gasteiger partial charge in [-0.25, -0.2) is 0 Å². The topological polar surface area (TPSA) is 55.1 Å². The van der Waals surface area contributed by atoms with E-state index in [-0.39, 0.29) is 5.91 Å². The SMILES string of the molecule is Cc1cc(C(N)=O)ccc1CNC1CCC(C)C1C. The number of aryl methyl sites for hydroxylation is 1. The lowest BCUT2D eigenvalue weighted by molar-refractivity contribution is 0.1000. The molecule has 1 aliphatic rings. The van der Waals surface area contributed by atoms with E-state index in [0.29, 0.717) is 11.6 Å². The van der Waals surface area contributed by atoms with Gasteiger partial charge in [0.1, 0.15) is 0 Å². The van der Waals surface area contributed by atoms with Crippen molar-refractivity contribution in [1.82, 2.24) is 5.32 Å². The van der Waals surface area contributed by atoms with Crippen LogP contribution in [0.15, 0.2) is 18.2 Å². The lowest BCUT2D eigenvalue weighted by atomic mass is 9.97. The highest BCUT2D eigenvalue weighted by molar-refractivity contribution is 5.93. The van der Waals surface area contributed by atoms with Crippen molar-refractivity contribution in [3.63, 3.8) is 0 Å². The van der Waals surface area contributed by atoms with Crippen LogP contribution in [0, 0.1) is 18.8 Å². The first-order valence-electron chi connectivity index (χ1n) is 7.11. The molecule has 0 aromatic heterocycles. The quantitative estimate of drug-likeness (QED) is 0.874. The Labute approximate surface area is 115 Å². The van der Waals surface area contributed by atoms with Crippen molar-refractivity contribution in [2.24, 2.45) is 17.6 Å². The second kappa shape index (κ2) is 5.74. The molecule has 0 bridgehead atoms. The Hall–Kier alpha value is -1.35. The zero-order valence-corrected chi connectivity index (χ0v) is 12.1. The molecular formula is C16H24N2O. The largest absolute Gasteiger partial charge is 0.366 e. The number of amides is 1. The molecule has 0 spiro atoms. The van der Waals surface area contributed by atoms with Gasteiger partial charge in [0.25, 0.3) is 0 Å². The van der Waals surface area contributed by atoms with Gasteiger partial charge >= 0.3 is 0 Å². The fraction of sp³-hybridized carbons (Fsp3) is 0.562. The first-order valence-corrected chi connectivity index (χ1v) is 7.11. The third-order valence-corrected chi connectivity index (χ3v) is 4.65. The smallest absolute Gasteiger partial charge is 0.248 e. The highest BCUT2D eigenvalue weighted by Crippen LogP contribution is 2.31. The number of nitrogens with one attached hydrogen (secondary N) is 1. The lowest BCUT2D eigenvalue weighted by Gasteiger charge is -2.20. The minimum Gasteiger partial charge on any atom is -0.366 e. The van der Waals surface area contributed by atoms with Gasteiger partial charge in [0.2, 0.25) is 5.91 Å². The number of rotatable bonds is 4. The van der Waals surface area contributed by atoms with Crippen molar-refractivity contribution in [3.8, 4) is 0 Å². The molecule has 0 saturated heterocycles. The van der Waals surface area contributed by atoms with Crippen molar-refractivity contribution in [3.05, 3.63) is 34.9 Å². The van der Waals surface area contributed by atoms with Crippen molar-refractivity contribution in [1.29, 1.82) is 0 Å². The highest BCUT2D eigenvalue weighted by Gasteiger charge is 2.29. The van der Waals surface area contributed by atoms with E-state index in [9.17, 15) is 4.79 Å². The van der Waals surface area contributed by atoms with E-state index in [2.05, 4.69) is 19.2 Å². The summed E-state index contributed by atoms with van der Waals surface area (Å²) in [5, 5.41) is 3.65. The number of carbonyl (C=O) groups is 1. The number of hydrogen-bond acceptors (Lipinski definition) is 2. The molecule has 1 aromatic rings. The number of carbonyl (C=O) groups excluding carboxylic acids is 1. The van der Waals surface area contributed by atoms with Crippen molar-refractivity contribution >= 4 is 5.91 Å². The summed E-state index contributed by atoms with van der Waals surface area (Å²) in [4.78, 5) is 11.1. The van der Waals surface area contributed by atoms with E-state index < -0.39 is 0 Å². The molecule has 0 radical (unpaired) electrons. The van der Waals surface area contributed by atoms with E-state index in [0.717, 1.165) is 23.9 Å². The lowest BCUT2D eigenvalue weighted by Crippen LogP contribution is -2.32. The Morgan fingerprint density at radius 3 is 2.63 bits per heavy atom. The van der Waals surface area contributed by atoms with Crippen LogP contribution in [0.1, 0.15) is 48.2 Å².